The Morgan fingerprint density at radius 1 is 1.00 bits per heavy atom. The lowest BCUT2D eigenvalue weighted by Gasteiger charge is -2.13. The molecule has 4 rings (SSSR count). The Hall–Kier alpha value is -4.72. The van der Waals surface area contributed by atoms with Crippen LogP contribution in [0.15, 0.2) is 77.6 Å². The minimum absolute atomic E-state index is 0.211. The predicted octanol–water partition coefficient (Wildman–Crippen LogP) is 2.83. The van der Waals surface area contributed by atoms with E-state index in [0.29, 0.717) is 40.1 Å². The number of nitrogens with zero attached hydrogens (tertiary/aromatic N) is 1. The first kappa shape index (κ1) is 24.4. The molecule has 0 saturated carbocycles. The molecule has 1 heterocycles. The van der Waals surface area contributed by atoms with Crippen LogP contribution in [-0.4, -0.2) is 36.0 Å². The maximum absolute atomic E-state index is 13.0. The lowest BCUT2D eigenvalue weighted by Crippen LogP contribution is -2.33. The standard InChI is InChI=1S/C28H27N3O5/c1-4-35-26-17-20(16-22-19(2)30-31(28(22)33)21-10-6-5-7-11-21)14-15-25(26)36-18-27(32)29-23-12-8-9-13-24(23)34-3/h5-17,30H,2,4,18H2,1,3H3,(H,29,32)/b22-16+. The lowest BCUT2D eigenvalue weighted by molar-refractivity contribution is -0.118. The topological polar surface area (TPSA) is 94.6 Å². The molecule has 8 nitrogen and oxygen atoms in total. The quantitative estimate of drug-likeness (QED) is 0.380. The number of hydrogen-bond donors (Lipinski definition) is 2. The molecule has 0 bridgehead atoms. The molecule has 2 N–H and O–H groups in total. The average Bonchev–Trinajstić information content (AvgIpc) is 3.17. The van der Waals surface area contributed by atoms with Crippen LogP contribution in [-0.2, 0) is 4.79 Å². The Kier molecular flexibility index (Phi) is 7.55. The molecule has 0 saturated heterocycles. The van der Waals surface area contributed by atoms with E-state index in [0.717, 1.165) is 11.3 Å². The van der Waals surface area contributed by atoms with Crippen LogP contribution >= 0.6 is 0 Å². The van der Waals surface area contributed by atoms with Gasteiger partial charge in [0.05, 0.1) is 35.7 Å². The highest BCUT2D eigenvalue weighted by atomic mass is 16.5. The number of ether oxygens (including phenoxy) is 3. The van der Waals surface area contributed by atoms with E-state index in [-0.39, 0.29) is 18.1 Å². The van der Waals surface area contributed by atoms with E-state index in [1.54, 1.807) is 42.5 Å². The maximum Gasteiger partial charge on any atom is 0.279 e. The number of H-pyrrole nitrogens is 1. The summed E-state index contributed by atoms with van der Waals surface area (Å²) in [7, 11) is 1.54. The van der Waals surface area contributed by atoms with Crippen molar-refractivity contribution in [3.05, 3.63) is 99.3 Å². The Labute approximate surface area is 208 Å². The fourth-order valence-corrected chi connectivity index (χ4v) is 3.65. The number of hydrogen-bond acceptors (Lipinski definition) is 5. The zero-order valence-electron chi connectivity index (χ0n) is 20.1. The molecule has 1 aromatic heterocycles. The van der Waals surface area contributed by atoms with Gasteiger partial charge in [-0.3, -0.25) is 14.7 Å². The molecule has 36 heavy (non-hydrogen) atoms. The van der Waals surface area contributed by atoms with Crippen LogP contribution in [0.2, 0.25) is 0 Å². The van der Waals surface area contributed by atoms with Gasteiger partial charge in [-0.2, -0.15) is 0 Å². The summed E-state index contributed by atoms with van der Waals surface area (Å²) in [5.41, 5.74) is 1.79. The number of para-hydroxylation sites is 3. The van der Waals surface area contributed by atoms with Crippen molar-refractivity contribution in [2.75, 3.05) is 25.6 Å². The molecule has 1 amide bonds. The minimum atomic E-state index is -0.340. The Balaban J connectivity index is 1.55. The Bertz CT molecular complexity index is 1520. The Morgan fingerprint density at radius 3 is 2.50 bits per heavy atom. The number of carbonyl (C=O) groups excluding carboxylic acids is 1. The molecule has 0 unspecified atom stereocenters. The van der Waals surface area contributed by atoms with Gasteiger partial charge in [0, 0.05) is 0 Å². The van der Waals surface area contributed by atoms with Crippen LogP contribution < -0.4 is 35.7 Å². The number of carbonyl (C=O) groups is 1. The normalized spacial score (nSPS) is 11.2. The third-order valence-electron chi connectivity index (χ3n) is 5.34. The SMILES string of the molecule is C=c1[nH]n(-c2ccccc2)c(=O)/c1=C/c1ccc(OCC(=O)Nc2ccccc2OC)c(OCC)c1. The van der Waals surface area contributed by atoms with Crippen LogP contribution in [0, 0.1) is 0 Å². The molecular formula is C28H27N3O5. The first-order chi connectivity index (χ1) is 17.5. The van der Waals surface area contributed by atoms with Gasteiger partial charge in [0.1, 0.15) is 5.75 Å². The van der Waals surface area contributed by atoms with Crippen LogP contribution in [0.5, 0.6) is 17.2 Å². The molecule has 0 aliphatic rings. The third-order valence-corrected chi connectivity index (χ3v) is 5.34. The molecular weight excluding hydrogens is 458 g/mol. The summed E-state index contributed by atoms with van der Waals surface area (Å²) >= 11 is 0. The number of rotatable bonds is 9. The lowest BCUT2D eigenvalue weighted by atomic mass is 10.1. The molecule has 0 fully saturated rings. The van der Waals surface area contributed by atoms with Crippen molar-refractivity contribution in [1.82, 2.24) is 9.78 Å². The highest BCUT2D eigenvalue weighted by molar-refractivity contribution is 5.93. The fraction of sp³-hybridized carbons (Fsp3) is 0.143. The van der Waals surface area contributed by atoms with E-state index in [4.69, 9.17) is 14.2 Å². The van der Waals surface area contributed by atoms with E-state index in [9.17, 15) is 9.59 Å². The van der Waals surface area contributed by atoms with Gasteiger partial charge in [-0.1, -0.05) is 43.0 Å². The smallest absolute Gasteiger partial charge is 0.279 e. The monoisotopic (exact) mass is 485 g/mol. The first-order valence-electron chi connectivity index (χ1n) is 11.4. The zero-order valence-corrected chi connectivity index (χ0v) is 20.1. The number of anilines is 1. The van der Waals surface area contributed by atoms with Crippen LogP contribution in [0.4, 0.5) is 5.69 Å². The van der Waals surface area contributed by atoms with E-state index in [1.807, 2.05) is 43.3 Å². The highest BCUT2D eigenvalue weighted by Gasteiger charge is 2.12. The Morgan fingerprint density at radius 2 is 1.75 bits per heavy atom. The van der Waals surface area contributed by atoms with E-state index >= 15 is 0 Å². The van der Waals surface area contributed by atoms with Crippen molar-refractivity contribution in [2.45, 2.75) is 6.92 Å². The molecule has 4 aromatic rings. The van der Waals surface area contributed by atoms with Crippen LogP contribution in [0.3, 0.4) is 0 Å². The van der Waals surface area contributed by atoms with Crippen LogP contribution in [0.1, 0.15) is 12.5 Å². The van der Waals surface area contributed by atoms with Crippen molar-refractivity contribution >= 4 is 24.2 Å². The molecule has 0 atom stereocenters. The molecule has 3 aromatic carbocycles. The van der Waals surface area contributed by atoms with Crippen molar-refractivity contribution in [3.63, 3.8) is 0 Å². The number of aromatic amines is 1. The second-order valence-electron chi connectivity index (χ2n) is 7.80. The number of aromatic nitrogens is 2. The summed E-state index contributed by atoms with van der Waals surface area (Å²) in [5.74, 6) is 1.09. The predicted molar refractivity (Wildman–Crippen MR) is 139 cm³/mol. The van der Waals surface area contributed by atoms with Crippen molar-refractivity contribution in [1.29, 1.82) is 0 Å². The van der Waals surface area contributed by atoms with E-state index in [1.165, 1.54) is 11.8 Å². The molecule has 0 aliphatic heterocycles. The summed E-state index contributed by atoms with van der Waals surface area (Å²) in [4.78, 5) is 25.4. The summed E-state index contributed by atoms with van der Waals surface area (Å²) in [6, 6.07) is 21.7. The van der Waals surface area contributed by atoms with Gasteiger partial charge in [-0.05, 0) is 55.0 Å². The third kappa shape index (κ3) is 5.50. The van der Waals surface area contributed by atoms with E-state index < -0.39 is 0 Å². The second kappa shape index (κ2) is 11.1. The maximum atomic E-state index is 13.0. The molecule has 0 spiro atoms. The minimum Gasteiger partial charge on any atom is -0.495 e. The fourth-order valence-electron chi connectivity index (χ4n) is 3.65. The van der Waals surface area contributed by atoms with Gasteiger partial charge in [-0.15, -0.1) is 0 Å². The van der Waals surface area contributed by atoms with E-state index in [2.05, 4.69) is 17.0 Å². The number of amides is 1. The molecule has 184 valence electrons. The number of benzene rings is 3. The van der Waals surface area contributed by atoms with Crippen molar-refractivity contribution < 1.29 is 19.0 Å². The molecule has 8 heteroatoms. The van der Waals surface area contributed by atoms with Gasteiger partial charge in [0.15, 0.2) is 18.1 Å². The first-order valence-corrected chi connectivity index (χ1v) is 11.4. The molecule has 0 aliphatic carbocycles. The zero-order chi connectivity index (χ0) is 25.5. The van der Waals surface area contributed by atoms with Gasteiger partial charge in [0.2, 0.25) is 0 Å². The van der Waals surface area contributed by atoms with Gasteiger partial charge < -0.3 is 19.5 Å². The number of methoxy groups -OCH3 is 1. The largest absolute Gasteiger partial charge is 0.495 e. The average molecular weight is 486 g/mol. The summed E-state index contributed by atoms with van der Waals surface area (Å²) in [6.07, 6.45) is 1.74. The summed E-state index contributed by atoms with van der Waals surface area (Å²) in [5, 5.41) is 6.72. The van der Waals surface area contributed by atoms with Gasteiger partial charge in [-0.25, -0.2) is 4.68 Å². The summed E-state index contributed by atoms with van der Waals surface area (Å²) < 4.78 is 18.2. The van der Waals surface area contributed by atoms with Crippen molar-refractivity contribution in [3.8, 4) is 22.9 Å². The van der Waals surface area contributed by atoms with Crippen LogP contribution in [0.25, 0.3) is 18.3 Å². The number of nitrogens with one attached hydrogen (secondary N) is 2. The van der Waals surface area contributed by atoms with Crippen molar-refractivity contribution in [2.24, 2.45) is 0 Å². The van der Waals surface area contributed by atoms with Gasteiger partial charge >= 0.3 is 0 Å². The highest BCUT2D eigenvalue weighted by Crippen LogP contribution is 2.29. The second-order valence-corrected chi connectivity index (χ2v) is 7.80. The molecule has 0 radical (unpaired) electrons. The summed E-state index contributed by atoms with van der Waals surface area (Å²) in [6.45, 7) is 6.02. The van der Waals surface area contributed by atoms with Gasteiger partial charge in [0.25, 0.3) is 11.5 Å².